The zero-order valence-electron chi connectivity index (χ0n) is 18.0. The molecule has 0 spiro atoms. The number of hydrogen-bond donors (Lipinski definition) is 0. The summed E-state index contributed by atoms with van der Waals surface area (Å²) in [4.78, 5) is 18.8. The van der Waals surface area contributed by atoms with Crippen molar-refractivity contribution < 1.29 is 22.5 Å². The van der Waals surface area contributed by atoms with Gasteiger partial charge in [-0.05, 0) is 38.0 Å². The van der Waals surface area contributed by atoms with Gasteiger partial charge in [0.1, 0.15) is 10.7 Å². The minimum atomic E-state index is -3.88. The van der Waals surface area contributed by atoms with Crippen molar-refractivity contribution in [1.29, 1.82) is 0 Å². The minimum Gasteiger partial charge on any atom is -0.452 e. The molecule has 5 rings (SSSR count). The van der Waals surface area contributed by atoms with E-state index in [1.54, 1.807) is 12.1 Å². The SMILES string of the molecule is Cc1ccc(-c2noc(COC(=O)c3ccc4c(c3)S(=O)(=O)N=C3CCCCCN34)n2)cc1. The number of esters is 1. The Kier molecular flexibility index (Phi) is 5.45. The first kappa shape index (κ1) is 21.3. The molecule has 2 aromatic carbocycles. The van der Waals surface area contributed by atoms with Gasteiger partial charge in [0.25, 0.3) is 15.9 Å². The number of rotatable bonds is 4. The Morgan fingerprint density at radius 3 is 2.76 bits per heavy atom. The molecule has 3 heterocycles. The van der Waals surface area contributed by atoms with Crippen LogP contribution in [0.5, 0.6) is 0 Å². The van der Waals surface area contributed by atoms with Crippen molar-refractivity contribution in [1.82, 2.24) is 10.1 Å². The molecule has 0 atom stereocenters. The van der Waals surface area contributed by atoms with Crippen LogP contribution in [0.25, 0.3) is 11.4 Å². The molecule has 1 saturated heterocycles. The Labute approximate surface area is 191 Å². The lowest BCUT2D eigenvalue weighted by Crippen LogP contribution is -2.35. The molecule has 0 radical (unpaired) electrons. The maximum atomic E-state index is 12.8. The lowest BCUT2D eigenvalue weighted by Gasteiger charge is -2.29. The maximum absolute atomic E-state index is 12.8. The van der Waals surface area contributed by atoms with Crippen LogP contribution >= 0.6 is 0 Å². The van der Waals surface area contributed by atoms with Gasteiger partial charge >= 0.3 is 5.97 Å². The van der Waals surface area contributed by atoms with Gasteiger partial charge in [-0.1, -0.05) is 41.4 Å². The highest BCUT2D eigenvalue weighted by Gasteiger charge is 2.32. The Hall–Kier alpha value is -3.53. The van der Waals surface area contributed by atoms with Gasteiger partial charge in [-0.25, -0.2) is 4.79 Å². The van der Waals surface area contributed by atoms with E-state index in [4.69, 9.17) is 9.26 Å². The average molecular weight is 467 g/mol. The van der Waals surface area contributed by atoms with Gasteiger partial charge < -0.3 is 14.2 Å². The van der Waals surface area contributed by atoms with Gasteiger partial charge in [0.2, 0.25) is 5.82 Å². The van der Waals surface area contributed by atoms with E-state index in [9.17, 15) is 13.2 Å². The molecule has 33 heavy (non-hydrogen) atoms. The number of aromatic nitrogens is 2. The van der Waals surface area contributed by atoms with Gasteiger partial charge in [0.15, 0.2) is 6.61 Å². The Balaban J connectivity index is 1.32. The highest BCUT2D eigenvalue weighted by Crippen LogP contribution is 2.35. The zero-order chi connectivity index (χ0) is 23.0. The summed E-state index contributed by atoms with van der Waals surface area (Å²) in [6.07, 6.45) is 3.51. The summed E-state index contributed by atoms with van der Waals surface area (Å²) in [7, 11) is -3.88. The van der Waals surface area contributed by atoms with Crippen molar-refractivity contribution in [3.05, 3.63) is 59.5 Å². The topological polar surface area (TPSA) is 115 Å². The van der Waals surface area contributed by atoms with Crippen molar-refractivity contribution in [3.8, 4) is 11.4 Å². The molecule has 0 unspecified atom stereocenters. The van der Waals surface area contributed by atoms with Crippen LogP contribution < -0.4 is 4.90 Å². The van der Waals surface area contributed by atoms with Crippen LogP contribution in [0, 0.1) is 6.92 Å². The normalized spacial score (nSPS) is 16.9. The van der Waals surface area contributed by atoms with Crippen molar-refractivity contribution in [2.24, 2.45) is 4.40 Å². The number of anilines is 1. The third kappa shape index (κ3) is 4.25. The van der Waals surface area contributed by atoms with Crippen LogP contribution in [-0.2, 0) is 21.4 Å². The van der Waals surface area contributed by atoms with E-state index in [-0.39, 0.29) is 23.0 Å². The van der Waals surface area contributed by atoms with Crippen LogP contribution in [0.1, 0.15) is 47.5 Å². The number of carbonyl (C=O) groups excluding carboxylic acids is 1. The molecule has 1 aromatic heterocycles. The fraction of sp³-hybridized carbons (Fsp3) is 0.304. The molecule has 0 aliphatic carbocycles. The number of fused-ring (bicyclic) bond motifs is 3. The number of sulfonamides is 1. The van der Waals surface area contributed by atoms with Gasteiger partial charge in [0.05, 0.1) is 11.3 Å². The standard InChI is InChI=1S/C23H22N4O5S/c1-15-6-8-16(9-7-15)22-24-21(32-25-22)14-31-23(28)17-10-11-18-19(13-17)33(29,30)26-20-5-3-2-4-12-27(18)20/h6-11,13H,2-5,12,14H2,1H3. The van der Waals surface area contributed by atoms with E-state index < -0.39 is 16.0 Å². The molecule has 0 saturated carbocycles. The fourth-order valence-electron chi connectivity index (χ4n) is 3.95. The summed E-state index contributed by atoms with van der Waals surface area (Å²) in [5.74, 6) is 0.417. The minimum absolute atomic E-state index is 0.0158. The molecule has 0 amide bonds. The van der Waals surface area contributed by atoms with Crippen LogP contribution in [0.15, 0.2) is 56.3 Å². The van der Waals surface area contributed by atoms with Crippen molar-refractivity contribution in [2.45, 2.75) is 44.1 Å². The maximum Gasteiger partial charge on any atom is 0.338 e. The van der Waals surface area contributed by atoms with E-state index >= 15 is 0 Å². The molecule has 1 fully saturated rings. The molecular weight excluding hydrogens is 444 g/mol. The lowest BCUT2D eigenvalue weighted by molar-refractivity contribution is 0.0429. The number of amidine groups is 1. The lowest BCUT2D eigenvalue weighted by atomic mass is 10.1. The van der Waals surface area contributed by atoms with E-state index in [1.807, 2.05) is 36.1 Å². The molecule has 10 heteroatoms. The van der Waals surface area contributed by atoms with E-state index in [0.717, 1.165) is 30.4 Å². The quantitative estimate of drug-likeness (QED) is 0.532. The summed E-state index contributed by atoms with van der Waals surface area (Å²) < 4.78 is 40.0. The second kappa shape index (κ2) is 8.43. The molecule has 0 N–H and O–H groups in total. The highest BCUT2D eigenvalue weighted by molar-refractivity contribution is 7.90. The first-order valence-electron chi connectivity index (χ1n) is 10.7. The second-order valence-corrected chi connectivity index (χ2v) is 9.65. The summed E-state index contributed by atoms with van der Waals surface area (Å²) in [6, 6.07) is 12.2. The molecule has 2 aliphatic heterocycles. The van der Waals surface area contributed by atoms with E-state index in [2.05, 4.69) is 14.5 Å². The fourth-order valence-corrected chi connectivity index (χ4v) is 5.23. The summed E-state index contributed by atoms with van der Waals surface area (Å²) in [5, 5.41) is 3.91. The number of nitrogens with zero attached hydrogens (tertiary/aromatic N) is 4. The Bertz CT molecular complexity index is 1350. The first-order chi connectivity index (χ1) is 15.9. The predicted octanol–water partition coefficient (Wildman–Crippen LogP) is 3.88. The zero-order valence-corrected chi connectivity index (χ0v) is 18.8. The summed E-state index contributed by atoms with van der Waals surface area (Å²) in [5.41, 5.74) is 2.57. The largest absolute Gasteiger partial charge is 0.452 e. The van der Waals surface area contributed by atoms with Gasteiger partial charge in [-0.3, -0.25) is 0 Å². The van der Waals surface area contributed by atoms with Gasteiger partial charge in [-0.2, -0.15) is 13.4 Å². The third-order valence-electron chi connectivity index (χ3n) is 5.69. The van der Waals surface area contributed by atoms with E-state index in [0.29, 0.717) is 30.3 Å². The number of ether oxygens (including phenoxy) is 1. The van der Waals surface area contributed by atoms with Crippen LogP contribution in [0.4, 0.5) is 5.69 Å². The number of aryl methyl sites for hydroxylation is 1. The molecule has 9 nitrogen and oxygen atoms in total. The van der Waals surface area contributed by atoms with Crippen LogP contribution in [0.3, 0.4) is 0 Å². The molecule has 0 bridgehead atoms. The van der Waals surface area contributed by atoms with Crippen LogP contribution in [-0.4, -0.2) is 36.9 Å². The first-order valence-corrected chi connectivity index (χ1v) is 12.2. The average Bonchev–Trinajstić information content (AvgIpc) is 3.16. The van der Waals surface area contributed by atoms with Crippen molar-refractivity contribution >= 4 is 27.5 Å². The smallest absolute Gasteiger partial charge is 0.338 e. The predicted molar refractivity (Wildman–Crippen MR) is 120 cm³/mol. The van der Waals surface area contributed by atoms with E-state index in [1.165, 1.54) is 6.07 Å². The highest BCUT2D eigenvalue weighted by atomic mass is 32.2. The number of benzene rings is 2. The Morgan fingerprint density at radius 1 is 1.12 bits per heavy atom. The van der Waals surface area contributed by atoms with Crippen molar-refractivity contribution in [3.63, 3.8) is 0 Å². The third-order valence-corrected chi connectivity index (χ3v) is 7.02. The number of hydrogen-bond acceptors (Lipinski definition) is 8. The van der Waals surface area contributed by atoms with Gasteiger partial charge in [0, 0.05) is 18.5 Å². The molecule has 2 aliphatic rings. The summed E-state index contributed by atoms with van der Waals surface area (Å²) in [6.45, 7) is 2.46. The second-order valence-electron chi connectivity index (χ2n) is 8.08. The number of carbonyl (C=O) groups is 1. The van der Waals surface area contributed by atoms with Crippen molar-refractivity contribution in [2.75, 3.05) is 11.4 Å². The molecule has 3 aromatic rings. The van der Waals surface area contributed by atoms with Crippen LogP contribution in [0.2, 0.25) is 0 Å². The molecule has 170 valence electrons. The molecular formula is C23H22N4O5S. The monoisotopic (exact) mass is 466 g/mol. The van der Waals surface area contributed by atoms with Gasteiger partial charge in [-0.15, -0.1) is 4.40 Å². The Morgan fingerprint density at radius 2 is 1.94 bits per heavy atom. The summed E-state index contributed by atoms with van der Waals surface area (Å²) >= 11 is 0.